The minimum atomic E-state index is 0.681. The van der Waals surface area contributed by atoms with Crippen LogP contribution in [0.1, 0.15) is 0 Å². The van der Waals surface area contributed by atoms with Gasteiger partial charge in [-0.1, -0.05) is 115 Å². The van der Waals surface area contributed by atoms with E-state index in [-0.39, 0.29) is 0 Å². The van der Waals surface area contributed by atoms with E-state index in [9.17, 15) is 0 Å². The maximum Gasteiger partial charge on any atom is 0.180 e. The average Bonchev–Trinajstić information content (AvgIpc) is 3.85. The van der Waals surface area contributed by atoms with E-state index in [1.165, 1.54) is 52.8 Å². The topological polar surface area (TPSA) is 43.9 Å². The maximum absolute atomic E-state index is 6.43. The molecular formula is C44H25N3OS. The van der Waals surface area contributed by atoms with Gasteiger partial charge < -0.3 is 8.98 Å². The van der Waals surface area contributed by atoms with Gasteiger partial charge >= 0.3 is 0 Å². The van der Waals surface area contributed by atoms with Crippen molar-refractivity contribution in [2.45, 2.75) is 0 Å². The third kappa shape index (κ3) is 3.79. The lowest BCUT2D eigenvalue weighted by Gasteiger charge is -2.12. The zero-order valence-corrected chi connectivity index (χ0v) is 26.9. The molecule has 228 valence electrons. The van der Waals surface area contributed by atoms with Crippen LogP contribution in [-0.2, 0) is 0 Å². The first-order chi connectivity index (χ1) is 24.3. The van der Waals surface area contributed by atoms with E-state index in [0.29, 0.717) is 11.4 Å². The van der Waals surface area contributed by atoms with Crippen molar-refractivity contribution in [3.8, 4) is 28.3 Å². The molecule has 0 aliphatic carbocycles. The van der Waals surface area contributed by atoms with Gasteiger partial charge in [-0.25, -0.2) is 9.97 Å². The lowest BCUT2D eigenvalue weighted by atomic mass is 9.99. The highest BCUT2D eigenvalue weighted by Gasteiger charge is 2.22. The molecule has 0 bridgehead atoms. The van der Waals surface area contributed by atoms with E-state index >= 15 is 0 Å². The van der Waals surface area contributed by atoms with Crippen molar-refractivity contribution in [2.24, 2.45) is 0 Å². The van der Waals surface area contributed by atoms with Gasteiger partial charge in [0.2, 0.25) is 0 Å². The number of para-hydroxylation sites is 2. The molecule has 11 rings (SSSR count). The summed E-state index contributed by atoms with van der Waals surface area (Å²) < 4.78 is 11.5. The second-order valence-electron chi connectivity index (χ2n) is 12.5. The normalized spacial score (nSPS) is 12.1. The molecule has 49 heavy (non-hydrogen) atoms. The second kappa shape index (κ2) is 10.1. The molecule has 0 atom stereocenters. The molecule has 4 aromatic heterocycles. The van der Waals surface area contributed by atoms with Gasteiger partial charge in [0.15, 0.2) is 11.4 Å². The summed E-state index contributed by atoms with van der Waals surface area (Å²) in [5.74, 6) is 0.681. The maximum atomic E-state index is 6.43. The van der Waals surface area contributed by atoms with E-state index in [2.05, 4.69) is 120 Å². The molecule has 0 unspecified atom stereocenters. The number of benzene rings is 7. The summed E-state index contributed by atoms with van der Waals surface area (Å²) in [6.07, 6.45) is 0. The second-order valence-corrected chi connectivity index (χ2v) is 13.6. The summed E-state index contributed by atoms with van der Waals surface area (Å²) in [4.78, 5) is 10.1. The molecule has 0 N–H and O–H groups in total. The van der Waals surface area contributed by atoms with Crippen LogP contribution in [0.5, 0.6) is 0 Å². The van der Waals surface area contributed by atoms with E-state index < -0.39 is 0 Å². The van der Waals surface area contributed by atoms with Gasteiger partial charge in [-0.05, 0) is 41.8 Å². The Morgan fingerprint density at radius 1 is 0.510 bits per heavy atom. The zero-order valence-electron chi connectivity index (χ0n) is 26.1. The standard InChI is InChI=1S/C44H25N3OS/c1-2-12-27(13-3-1)44-45-39(42-40(46-44)32-17-7-10-20-35(32)48-42)26-22-24-28(25-23-26)47-34-19-9-6-16-31(34)38-41(47)30-15-5-4-14-29(30)37-33-18-8-11-21-36(33)49-43(37)38/h1-25H. The highest BCUT2D eigenvalue weighted by molar-refractivity contribution is 7.27. The summed E-state index contributed by atoms with van der Waals surface area (Å²) in [5.41, 5.74) is 8.57. The summed E-state index contributed by atoms with van der Waals surface area (Å²) in [6.45, 7) is 0. The molecule has 0 fully saturated rings. The number of nitrogens with zero attached hydrogens (tertiary/aromatic N) is 3. The van der Waals surface area contributed by atoms with Crippen LogP contribution in [0.15, 0.2) is 156 Å². The third-order valence-corrected chi connectivity index (χ3v) is 11.0. The van der Waals surface area contributed by atoms with Crippen molar-refractivity contribution < 1.29 is 4.42 Å². The molecule has 4 nitrogen and oxygen atoms in total. The quantitative estimate of drug-likeness (QED) is 0.192. The fraction of sp³-hybridized carbons (Fsp3) is 0. The molecular weight excluding hydrogens is 619 g/mol. The molecule has 0 amide bonds. The Labute approximate surface area is 284 Å². The van der Waals surface area contributed by atoms with Crippen molar-refractivity contribution in [3.63, 3.8) is 0 Å². The predicted octanol–water partition coefficient (Wildman–Crippen LogP) is 12.3. The number of fused-ring (bicyclic) bond motifs is 13. The van der Waals surface area contributed by atoms with E-state index in [4.69, 9.17) is 14.4 Å². The number of rotatable bonds is 3. The first-order valence-corrected chi connectivity index (χ1v) is 17.2. The van der Waals surface area contributed by atoms with E-state index in [1.54, 1.807) is 0 Å². The van der Waals surface area contributed by atoms with Crippen molar-refractivity contribution in [2.75, 3.05) is 0 Å². The minimum absolute atomic E-state index is 0.681. The van der Waals surface area contributed by atoms with Gasteiger partial charge in [0.25, 0.3) is 0 Å². The Morgan fingerprint density at radius 2 is 1.18 bits per heavy atom. The Morgan fingerprint density at radius 3 is 2.02 bits per heavy atom. The molecule has 7 aromatic carbocycles. The minimum Gasteiger partial charge on any atom is -0.452 e. The smallest absolute Gasteiger partial charge is 0.180 e. The van der Waals surface area contributed by atoms with Crippen LogP contribution in [0.2, 0.25) is 0 Å². The summed E-state index contributed by atoms with van der Waals surface area (Å²) in [7, 11) is 0. The van der Waals surface area contributed by atoms with Crippen molar-refractivity contribution >= 4 is 86.2 Å². The lowest BCUT2D eigenvalue weighted by Crippen LogP contribution is -1.96. The molecule has 0 aliphatic heterocycles. The van der Waals surface area contributed by atoms with Crippen molar-refractivity contribution in [1.82, 2.24) is 14.5 Å². The summed E-state index contributed by atoms with van der Waals surface area (Å²) in [5, 5.41) is 8.75. The molecule has 11 aromatic rings. The van der Waals surface area contributed by atoms with Gasteiger partial charge in [-0.3, -0.25) is 0 Å². The van der Waals surface area contributed by atoms with Crippen LogP contribution >= 0.6 is 11.3 Å². The first kappa shape index (κ1) is 26.7. The van der Waals surface area contributed by atoms with Crippen LogP contribution in [-0.4, -0.2) is 14.5 Å². The SMILES string of the molecule is c1ccc(-c2nc(-c3ccc(-n4c5ccccc5c5c6sc7ccccc7c6c6ccccc6c54)cc3)c3oc4ccccc4c3n2)cc1. The third-order valence-electron chi connectivity index (χ3n) is 9.80. The lowest BCUT2D eigenvalue weighted by molar-refractivity contribution is 0.667. The number of hydrogen-bond acceptors (Lipinski definition) is 4. The van der Waals surface area contributed by atoms with Crippen LogP contribution in [0.25, 0.3) is 103 Å². The monoisotopic (exact) mass is 643 g/mol. The van der Waals surface area contributed by atoms with Crippen LogP contribution in [0.3, 0.4) is 0 Å². The number of aromatic nitrogens is 3. The van der Waals surface area contributed by atoms with Gasteiger partial charge in [-0.15, -0.1) is 11.3 Å². The predicted molar refractivity (Wildman–Crippen MR) is 205 cm³/mol. The molecule has 0 saturated heterocycles. The number of thiophene rings is 1. The average molecular weight is 644 g/mol. The molecule has 0 spiro atoms. The Hall–Kier alpha value is -6.30. The van der Waals surface area contributed by atoms with Crippen molar-refractivity contribution in [3.05, 3.63) is 152 Å². The first-order valence-electron chi connectivity index (χ1n) is 16.4. The van der Waals surface area contributed by atoms with Gasteiger partial charge in [-0.2, -0.15) is 0 Å². The fourth-order valence-electron chi connectivity index (χ4n) is 7.66. The van der Waals surface area contributed by atoms with Crippen LogP contribution in [0, 0.1) is 0 Å². The van der Waals surface area contributed by atoms with E-state index in [0.717, 1.165) is 39.0 Å². The zero-order chi connectivity index (χ0) is 32.1. The molecule has 5 heteroatoms. The van der Waals surface area contributed by atoms with Crippen LogP contribution < -0.4 is 0 Å². The summed E-state index contributed by atoms with van der Waals surface area (Å²) >= 11 is 1.89. The number of hydrogen-bond donors (Lipinski definition) is 0. The van der Waals surface area contributed by atoms with Crippen LogP contribution in [0.4, 0.5) is 0 Å². The highest BCUT2D eigenvalue weighted by atomic mass is 32.1. The molecule has 0 aliphatic rings. The van der Waals surface area contributed by atoms with Crippen molar-refractivity contribution in [1.29, 1.82) is 0 Å². The largest absolute Gasteiger partial charge is 0.452 e. The fourth-order valence-corrected chi connectivity index (χ4v) is 8.94. The van der Waals surface area contributed by atoms with E-state index in [1.807, 2.05) is 47.7 Å². The Kier molecular flexibility index (Phi) is 5.51. The van der Waals surface area contributed by atoms with Gasteiger partial charge in [0.05, 0.1) is 11.0 Å². The van der Waals surface area contributed by atoms with Gasteiger partial charge in [0.1, 0.15) is 16.8 Å². The molecule has 0 saturated carbocycles. The Bertz CT molecular complexity index is 3100. The Balaban J connectivity index is 1.18. The number of furan rings is 1. The highest BCUT2D eigenvalue weighted by Crippen LogP contribution is 2.48. The van der Waals surface area contributed by atoms with Gasteiger partial charge in [0, 0.05) is 58.5 Å². The molecule has 0 radical (unpaired) electrons. The summed E-state index contributed by atoms with van der Waals surface area (Å²) in [6, 6.07) is 53.5. The molecule has 4 heterocycles.